The van der Waals surface area contributed by atoms with Gasteiger partial charge in [-0.2, -0.15) is 0 Å². The molecule has 4 amide bonds. The molecule has 14 heteroatoms. The Kier molecular flexibility index (Phi) is 19.1. The van der Waals surface area contributed by atoms with Gasteiger partial charge in [-0.3, -0.25) is 38.6 Å². The molecule has 6 aliphatic rings. The van der Waals surface area contributed by atoms with E-state index in [-0.39, 0.29) is 59.4 Å². The van der Waals surface area contributed by atoms with Gasteiger partial charge < -0.3 is 19.6 Å². The van der Waals surface area contributed by atoms with E-state index in [0.717, 1.165) is 150 Å². The van der Waals surface area contributed by atoms with Crippen LogP contribution in [0.25, 0.3) is 0 Å². The lowest BCUT2D eigenvalue weighted by atomic mass is 9.95. The minimum absolute atomic E-state index is 0.0312. The summed E-state index contributed by atoms with van der Waals surface area (Å²) >= 11 is 13.0. The van der Waals surface area contributed by atoms with Crippen LogP contribution in [0.3, 0.4) is 0 Å². The van der Waals surface area contributed by atoms with E-state index >= 15 is 0 Å². The minimum Gasteiger partial charge on any atom is -0.340 e. The molecule has 0 bridgehead atoms. The zero-order chi connectivity index (χ0) is 50.2. The Morgan fingerprint density at radius 2 is 0.843 bits per heavy atom. The number of carbonyl (C=O) groups is 6. The van der Waals surface area contributed by atoms with Gasteiger partial charge in [0.25, 0.3) is 0 Å². The van der Waals surface area contributed by atoms with Crippen LogP contribution < -0.4 is 0 Å². The predicted molar refractivity (Wildman–Crippen MR) is 277 cm³/mol. The number of Topliss-reactive ketones (excluding diaryl/α,β-unsaturated/α-hetero) is 2. The van der Waals surface area contributed by atoms with Gasteiger partial charge >= 0.3 is 0 Å². The van der Waals surface area contributed by atoms with Gasteiger partial charge in [-0.1, -0.05) is 48.9 Å². The normalized spacial score (nSPS) is 23.8. The summed E-state index contributed by atoms with van der Waals surface area (Å²) in [5.41, 5.74) is 6.49. The summed E-state index contributed by atoms with van der Waals surface area (Å²) in [6.45, 7) is 19.6. The lowest BCUT2D eigenvalue weighted by Gasteiger charge is -2.41. The fraction of sp³-hybridized carbons (Fsp3) is 0.679. The number of halogens is 2. The van der Waals surface area contributed by atoms with E-state index in [0.29, 0.717) is 47.5 Å². The standard InChI is InChI=1S/2C28H40ClN3O3/c2*1-19-17-30(11-12-31(19)28(35)22-7-4-5-8-22)18-24-14-25(29)13-23(20(24)2)15-27(34)16-26-9-6-10-32(26)21(3)33/h2*13-14,19,22,26H,4-12,15-18H2,1-3H3/t19-,26+;19-,26-/m00/s1. The molecule has 70 heavy (non-hydrogen) atoms. The van der Waals surface area contributed by atoms with E-state index in [1.54, 1.807) is 13.8 Å². The molecule has 4 saturated heterocycles. The van der Waals surface area contributed by atoms with Crippen LogP contribution >= 0.6 is 23.2 Å². The number of hydrogen-bond donors (Lipinski definition) is 0. The zero-order valence-electron chi connectivity index (χ0n) is 43.0. The van der Waals surface area contributed by atoms with Crippen molar-refractivity contribution in [3.63, 3.8) is 0 Å². The smallest absolute Gasteiger partial charge is 0.226 e. The number of rotatable bonds is 14. The lowest BCUT2D eigenvalue weighted by Crippen LogP contribution is -2.54. The second-order valence-corrected chi connectivity index (χ2v) is 22.6. The third-order valence-corrected chi connectivity index (χ3v) is 17.1. The number of amides is 4. The quantitative estimate of drug-likeness (QED) is 0.184. The lowest BCUT2D eigenvalue weighted by molar-refractivity contribution is -0.140. The van der Waals surface area contributed by atoms with Crippen molar-refractivity contribution in [2.75, 3.05) is 52.4 Å². The van der Waals surface area contributed by atoms with Crippen molar-refractivity contribution in [1.29, 1.82) is 0 Å². The summed E-state index contributed by atoms with van der Waals surface area (Å²) in [5.74, 6) is 1.58. The molecule has 2 saturated carbocycles. The number of piperazine rings is 2. The third-order valence-electron chi connectivity index (χ3n) is 16.6. The first-order valence-electron chi connectivity index (χ1n) is 26.6. The van der Waals surface area contributed by atoms with Gasteiger partial charge in [0.05, 0.1) is 0 Å². The SMILES string of the molecule is CC(=O)N1CCC[C@@H]1CC(=O)Cc1cc(Cl)cc(CN2CCN(C(=O)C3CCCC3)[C@@H](C)C2)c1C.CC(=O)N1CCC[C@H]1CC(=O)Cc1cc(Cl)cc(CN2CCN(C(=O)C3CCCC3)[C@@H](C)C2)c1C. The number of hydrogen-bond acceptors (Lipinski definition) is 8. The Morgan fingerprint density at radius 3 is 1.19 bits per heavy atom. The Hall–Kier alpha value is -3.84. The molecule has 2 aliphatic carbocycles. The first kappa shape index (κ1) is 53.9. The molecule has 6 fully saturated rings. The molecular formula is C56H80Cl2N6O6. The molecule has 12 nitrogen and oxygen atoms in total. The second kappa shape index (κ2) is 24.7. The Bertz CT molecular complexity index is 2070. The van der Waals surface area contributed by atoms with Crippen LogP contribution in [-0.2, 0) is 54.7 Å². The maximum Gasteiger partial charge on any atom is 0.226 e. The molecule has 0 N–H and O–H groups in total. The molecule has 0 radical (unpaired) electrons. The Balaban J connectivity index is 0.000000206. The van der Waals surface area contributed by atoms with Crippen LogP contribution in [0.15, 0.2) is 24.3 Å². The average Bonchev–Trinajstić information content (AvgIpc) is 4.16. The van der Waals surface area contributed by atoms with Gasteiger partial charge in [0.1, 0.15) is 11.6 Å². The number of carbonyl (C=O) groups excluding carboxylic acids is 6. The molecule has 4 aliphatic heterocycles. The van der Waals surface area contributed by atoms with Crippen molar-refractivity contribution in [3.05, 3.63) is 67.7 Å². The van der Waals surface area contributed by atoms with Crippen molar-refractivity contribution < 1.29 is 28.8 Å². The molecule has 4 heterocycles. The maximum absolute atomic E-state index is 12.9. The maximum atomic E-state index is 12.9. The highest BCUT2D eigenvalue weighted by Crippen LogP contribution is 2.32. The van der Waals surface area contributed by atoms with E-state index in [1.165, 1.54) is 25.7 Å². The molecule has 2 aromatic rings. The Morgan fingerprint density at radius 1 is 0.486 bits per heavy atom. The van der Waals surface area contributed by atoms with E-state index in [9.17, 15) is 28.8 Å². The van der Waals surface area contributed by atoms with E-state index < -0.39 is 0 Å². The fourth-order valence-electron chi connectivity index (χ4n) is 12.6. The van der Waals surface area contributed by atoms with Crippen LogP contribution in [0.2, 0.25) is 10.0 Å². The summed E-state index contributed by atoms with van der Waals surface area (Å²) in [4.78, 5) is 88.1. The first-order valence-corrected chi connectivity index (χ1v) is 27.4. The molecule has 2 aromatic carbocycles. The first-order chi connectivity index (χ1) is 33.4. The largest absolute Gasteiger partial charge is 0.340 e. The van der Waals surface area contributed by atoms with Crippen molar-refractivity contribution in [3.8, 4) is 0 Å². The second-order valence-electron chi connectivity index (χ2n) is 21.7. The van der Waals surface area contributed by atoms with Crippen LogP contribution in [-0.4, -0.2) is 141 Å². The highest BCUT2D eigenvalue weighted by molar-refractivity contribution is 6.31. The highest BCUT2D eigenvalue weighted by Gasteiger charge is 2.36. The molecule has 8 rings (SSSR count). The van der Waals surface area contributed by atoms with Crippen molar-refractivity contribution in [1.82, 2.24) is 29.4 Å². The number of nitrogens with zero attached hydrogens (tertiary/aromatic N) is 6. The molecule has 384 valence electrons. The Labute approximate surface area is 428 Å². The van der Waals surface area contributed by atoms with Gasteiger partial charge in [0, 0.05) is 151 Å². The van der Waals surface area contributed by atoms with Crippen LogP contribution in [0.1, 0.15) is 151 Å². The van der Waals surface area contributed by atoms with Crippen LogP contribution in [0.5, 0.6) is 0 Å². The van der Waals surface area contributed by atoms with Gasteiger partial charge in [-0.15, -0.1) is 0 Å². The van der Waals surface area contributed by atoms with E-state index in [2.05, 4.69) is 47.3 Å². The van der Waals surface area contributed by atoms with E-state index in [4.69, 9.17) is 23.2 Å². The van der Waals surface area contributed by atoms with E-state index in [1.807, 2.05) is 34.1 Å². The van der Waals surface area contributed by atoms with Crippen LogP contribution in [0.4, 0.5) is 0 Å². The predicted octanol–water partition coefficient (Wildman–Crippen LogP) is 8.77. The summed E-state index contributed by atoms with van der Waals surface area (Å²) < 4.78 is 0. The van der Waals surface area contributed by atoms with Crippen LogP contribution in [0, 0.1) is 25.7 Å². The molecule has 4 atom stereocenters. The van der Waals surface area contributed by atoms with Crippen molar-refractivity contribution >= 4 is 58.4 Å². The summed E-state index contributed by atoms with van der Waals surface area (Å²) in [7, 11) is 0. The van der Waals surface area contributed by atoms with Gasteiger partial charge in [-0.25, -0.2) is 0 Å². The molecule has 0 unspecified atom stereocenters. The highest BCUT2D eigenvalue weighted by atomic mass is 35.5. The fourth-order valence-corrected chi connectivity index (χ4v) is 13.1. The minimum atomic E-state index is 0.0312. The molecular weight excluding hydrogens is 924 g/mol. The summed E-state index contributed by atoms with van der Waals surface area (Å²) in [6.07, 6.45) is 14.2. The number of ketones is 2. The molecule has 0 spiro atoms. The number of benzene rings is 2. The summed E-state index contributed by atoms with van der Waals surface area (Å²) in [5, 5.41) is 1.31. The average molecular weight is 1000 g/mol. The molecule has 0 aromatic heterocycles. The van der Waals surface area contributed by atoms with Gasteiger partial charge in [0.15, 0.2) is 0 Å². The number of likely N-dealkylation sites (tertiary alicyclic amines) is 2. The summed E-state index contributed by atoms with van der Waals surface area (Å²) in [6, 6.07) is 8.32. The van der Waals surface area contributed by atoms with Crippen molar-refractivity contribution in [2.45, 2.75) is 182 Å². The zero-order valence-corrected chi connectivity index (χ0v) is 44.6. The third kappa shape index (κ3) is 13.8. The van der Waals surface area contributed by atoms with Gasteiger partial charge in [-0.05, 0) is 137 Å². The monoisotopic (exact) mass is 1000 g/mol. The van der Waals surface area contributed by atoms with Crippen molar-refractivity contribution in [2.24, 2.45) is 11.8 Å². The van der Waals surface area contributed by atoms with Gasteiger partial charge in [0.2, 0.25) is 23.6 Å². The topological polar surface area (TPSA) is 122 Å².